The highest BCUT2D eigenvalue weighted by atomic mass is 79.9. The van der Waals surface area contributed by atoms with Crippen LogP contribution >= 0.6 is 15.9 Å². The molecule has 0 bridgehead atoms. The SMILES string of the molecule is Cc1ccccc1N(C1=CC=CC2C=CC=CC12)c1ccc(-c2cnc(Br)cn2)cc1. The lowest BCUT2D eigenvalue weighted by Crippen LogP contribution is -2.28. The number of allylic oxidation sites excluding steroid dienone is 7. The number of hydrogen-bond acceptors (Lipinski definition) is 3. The standard InChI is InChI=1S/C27H22BrN3/c1-19-7-2-5-11-25(19)31(26-12-6-9-20-8-3-4-10-23(20)26)22-15-13-21(14-16-22)24-17-30-27(28)18-29-24/h2-18,20,23H,1H3. The molecule has 5 rings (SSSR count). The summed E-state index contributed by atoms with van der Waals surface area (Å²) in [5.41, 5.74) is 6.75. The lowest BCUT2D eigenvalue weighted by molar-refractivity contribution is 0.612. The van der Waals surface area contributed by atoms with E-state index in [0.29, 0.717) is 11.8 Å². The van der Waals surface area contributed by atoms with Crippen molar-refractivity contribution in [3.05, 3.63) is 119 Å². The average Bonchev–Trinajstić information content (AvgIpc) is 2.82. The fraction of sp³-hybridized carbons (Fsp3) is 0.111. The second-order valence-corrected chi connectivity index (χ2v) is 8.55. The van der Waals surface area contributed by atoms with E-state index in [0.717, 1.165) is 21.5 Å². The van der Waals surface area contributed by atoms with Gasteiger partial charge in [0.25, 0.3) is 0 Å². The number of aryl methyl sites for hydroxylation is 1. The number of rotatable bonds is 4. The topological polar surface area (TPSA) is 29.0 Å². The molecule has 0 fully saturated rings. The van der Waals surface area contributed by atoms with Gasteiger partial charge in [0.1, 0.15) is 4.60 Å². The Morgan fingerprint density at radius 3 is 2.39 bits per heavy atom. The van der Waals surface area contributed by atoms with Gasteiger partial charge in [0.2, 0.25) is 0 Å². The smallest absolute Gasteiger partial charge is 0.124 e. The summed E-state index contributed by atoms with van der Waals surface area (Å²) in [6.45, 7) is 2.17. The molecule has 1 aromatic heterocycles. The Bertz CT molecular complexity index is 1200. The number of hydrogen-bond donors (Lipinski definition) is 0. The summed E-state index contributed by atoms with van der Waals surface area (Å²) in [6, 6.07) is 17.1. The lowest BCUT2D eigenvalue weighted by atomic mass is 9.82. The molecule has 2 aromatic carbocycles. The maximum atomic E-state index is 4.48. The minimum atomic E-state index is 0.312. The number of aromatic nitrogens is 2. The molecule has 3 nitrogen and oxygen atoms in total. The third kappa shape index (κ3) is 3.91. The Labute approximate surface area is 191 Å². The molecule has 0 saturated heterocycles. The molecule has 0 aliphatic heterocycles. The molecular formula is C27H22BrN3. The van der Waals surface area contributed by atoms with Crippen molar-refractivity contribution >= 4 is 27.3 Å². The zero-order chi connectivity index (χ0) is 21.2. The van der Waals surface area contributed by atoms with Crippen molar-refractivity contribution in [1.29, 1.82) is 0 Å². The van der Waals surface area contributed by atoms with Gasteiger partial charge in [0.15, 0.2) is 0 Å². The molecule has 2 aliphatic rings. The summed E-state index contributed by atoms with van der Waals surface area (Å²) in [5.74, 6) is 0.695. The number of fused-ring (bicyclic) bond motifs is 1. The normalized spacial score (nSPS) is 19.1. The van der Waals surface area contributed by atoms with Gasteiger partial charge in [-0.15, -0.1) is 0 Å². The van der Waals surface area contributed by atoms with Crippen LogP contribution in [0.5, 0.6) is 0 Å². The van der Waals surface area contributed by atoms with Crippen LogP contribution in [0.25, 0.3) is 11.3 Å². The van der Waals surface area contributed by atoms with Crippen LogP contribution in [0, 0.1) is 18.8 Å². The van der Waals surface area contributed by atoms with E-state index in [9.17, 15) is 0 Å². The summed E-state index contributed by atoms with van der Waals surface area (Å²) in [4.78, 5) is 11.2. The van der Waals surface area contributed by atoms with Crippen LogP contribution in [0.3, 0.4) is 0 Å². The van der Waals surface area contributed by atoms with Crippen LogP contribution < -0.4 is 4.90 Å². The first kappa shape index (κ1) is 19.7. The van der Waals surface area contributed by atoms with Gasteiger partial charge >= 0.3 is 0 Å². The van der Waals surface area contributed by atoms with Gasteiger partial charge in [-0.2, -0.15) is 0 Å². The average molecular weight is 468 g/mol. The Hall–Kier alpha value is -3.24. The second-order valence-electron chi connectivity index (χ2n) is 7.74. The van der Waals surface area contributed by atoms with Gasteiger partial charge in [0, 0.05) is 34.5 Å². The summed E-state index contributed by atoms with van der Waals surface area (Å²) in [6.07, 6.45) is 19.1. The fourth-order valence-electron chi connectivity index (χ4n) is 4.21. The largest absolute Gasteiger partial charge is 0.313 e. The first-order chi connectivity index (χ1) is 15.2. The van der Waals surface area contributed by atoms with Gasteiger partial charge in [-0.05, 0) is 52.7 Å². The van der Waals surface area contributed by atoms with Crippen LogP contribution in [-0.4, -0.2) is 9.97 Å². The molecular weight excluding hydrogens is 446 g/mol. The van der Waals surface area contributed by atoms with Gasteiger partial charge in [-0.1, -0.05) is 66.8 Å². The highest BCUT2D eigenvalue weighted by molar-refractivity contribution is 9.10. The van der Waals surface area contributed by atoms with Gasteiger partial charge in [-0.25, -0.2) is 4.98 Å². The van der Waals surface area contributed by atoms with Crippen molar-refractivity contribution in [3.8, 4) is 11.3 Å². The Balaban J connectivity index is 1.58. The number of nitrogens with zero attached hydrogens (tertiary/aromatic N) is 3. The minimum absolute atomic E-state index is 0.312. The van der Waals surface area contributed by atoms with Crippen molar-refractivity contribution < 1.29 is 0 Å². The van der Waals surface area contributed by atoms with E-state index in [1.54, 1.807) is 12.4 Å². The highest BCUT2D eigenvalue weighted by Crippen LogP contribution is 2.41. The van der Waals surface area contributed by atoms with Crippen molar-refractivity contribution in [2.75, 3.05) is 4.90 Å². The Morgan fingerprint density at radius 1 is 0.839 bits per heavy atom. The summed E-state index contributed by atoms with van der Waals surface area (Å²) in [7, 11) is 0. The van der Waals surface area contributed by atoms with Gasteiger partial charge < -0.3 is 4.90 Å². The zero-order valence-corrected chi connectivity index (χ0v) is 18.8. The second kappa shape index (κ2) is 8.48. The molecule has 31 heavy (non-hydrogen) atoms. The van der Waals surface area contributed by atoms with E-state index >= 15 is 0 Å². The molecule has 2 aliphatic carbocycles. The van der Waals surface area contributed by atoms with Crippen LogP contribution in [0.4, 0.5) is 11.4 Å². The molecule has 0 amide bonds. The monoisotopic (exact) mass is 467 g/mol. The van der Waals surface area contributed by atoms with Crippen LogP contribution in [0.1, 0.15) is 5.56 Å². The number of para-hydroxylation sites is 1. The molecule has 3 aromatic rings. The fourth-order valence-corrected chi connectivity index (χ4v) is 4.41. The number of anilines is 2. The summed E-state index contributed by atoms with van der Waals surface area (Å²) in [5, 5.41) is 0. The number of benzene rings is 2. The third-order valence-electron chi connectivity index (χ3n) is 5.78. The van der Waals surface area contributed by atoms with Crippen LogP contribution in [0.15, 0.2) is 114 Å². The maximum absolute atomic E-state index is 4.48. The van der Waals surface area contributed by atoms with E-state index in [-0.39, 0.29) is 0 Å². The Morgan fingerprint density at radius 2 is 1.61 bits per heavy atom. The molecule has 2 atom stereocenters. The van der Waals surface area contributed by atoms with E-state index < -0.39 is 0 Å². The summed E-state index contributed by atoms with van der Waals surface area (Å²) >= 11 is 3.35. The molecule has 0 saturated carbocycles. The quantitative estimate of drug-likeness (QED) is 0.407. The molecule has 0 spiro atoms. The van der Waals surface area contributed by atoms with Gasteiger partial charge in [-0.3, -0.25) is 4.98 Å². The highest BCUT2D eigenvalue weighted by Gasteiger charge is 2.28. The molecule has 0 radical (unpaired) electrons. The van der Waals surface area contributed by atoms with Gasteiger partial charge in [0.05, 0.1) is 18.1 Å². The van der Waals surface area contributed by atoms with Crippen molar-refractivity contribution in [3.63, 3.8) is 0 Å². The lowest BCUT2D eigenvalue weighted by Gasteiger charge is -2.37. The molecule has 0 N–H and O–H groups in total. The molecule has 2 unspecified atom stereocenters. The summed E-state index contributed by atoms with van der Waals surface area (Å²) < 4.78 is 0.736. The first-order valence-electron chi connectivity index (χ1n) is 10.4. The molecule has 152 valence electrons. The van der Waals surface area contributed by atoms with E-state index in [1.807, 2.05) is 0 Å². The predicted octanol–water partition coefficient (Wildman–Crippen LogP) is 7.16. The number of halogens is 1. The zero-order valence-electron chi connectivity index (χ0n) is 17.2. The Kier molecular flexibility index (Phi) is 5.39. The third-order valence-corrected chi connectivity index (χ3v) is 6.19. The van der Waals surface area contributed by atoms with Crippen molar-refractivity contribution in [2.45, 2.75) is 6.92 Å². The van der Waals surface area contributed by atoms with E-state index in [2.05, 4.69) is 129 Å². The molecule has 4 heteroatoms. The predicted molar refractivity (Wildman–Crippen MR) is 131 cm³/mol. The minimum Gasteiger partial charge on any atom is -0.313 e. The molecule has 1 heterocycles. The van der Waals surface area contributed by atoms with E-state index in [4.69, 9.17) is 0 Å². The van der Waals surface area contributed by atoms with E-state index in [1.165, 1.54) is 16.9 Å². The van der Waals surface area contributed by atoms with Crippen LogP contribution in [-0.2, 0) is 0 Å². The maximum Gasteiger partial charge on any atom is 0.124 e. The van der Waals surface area contributed by atoms with Crippen LogP contribution in [0.2, 0.25) is 0 Å². The van der Waals surface area contributed by atoms with Crippen molar-refractivity contribution in [2.24, 2.45) is 11.8 Å². The first-order valence-corrected chi connectivity index (χ1v) is 11.2. The van der Waals surface area contributed by atoms with Crippen molar-refractivity contribution in [1.82, 2.24) is 9.97 Å².